The van der Waals surface area contributed by atoms with Crippen LogP contribution in [-0.2, 0) is 21.4 Å². The van der Waals surface area contributed by atoms with Crippen molar-refractivity contribution in [3.63, 3.8) is 0 Å². The number of hydrogen-bond acceptors (Lipinski definition) is 4. The van der Waals surface area contributed by atoms with E-state index in [1.54, 1.807) is 18.2 Å². The zero-order valence-electron chi connectivity index (χ0n) is 16.9. The maximum absolute atomic E-state index is 12.5. The van der Waals surface area contributed by atoms with E-state index in [-0.39, 0.29) is 29.4 Å². The molecule has 1 aromatic heterocycles. The molecule has 156 valence electrons. The van der Waals surface area contributed by atoms with E-state index in [2.05, 4.69) is 15.0 Å². The summed E-state index contributed by atoms with van der Waals surface area (Å²) in [5.41, 5.74) is 1.93. The van der Waals surface area contributed by atoms with E-state index in [1.165, 1.54) is 4.90 Å². The SMILES string of the molecule is CCCCNS(=O)(=O)c1cc2cc(CN3C(=N)N/C(=C\C(C)C)C3=O)ccc2[nH]1. The Bertz CT molecular complexity index is 1070. The molecule has 1 saturated heterocycles. The second-order valence-electron chi connectivity index (χ2n) is 7.50. The van der Waals surface area contributed by atoms with Crippen molar-refractivity contribution in [2.24, 2.45) is 5.92 Å². The second-order valence-corrected chi connectivity index (χ2v) is 9.23. The molecule has 4 N–H and O–H groups in total. The lowest BCUT2D eigenvalue weighted by Crippen LogP contribution is -2.30. The third-order valence-electron chi connectivity index (χ3n) is 4.61. The average molecular weight is 418 g/mol. The smallest absolute Gasteiger partial charge is 0.277 e. The molecule has 0 radical (unpaired) electrons. The summed E-state index contributed by atoms with van der Waals surface area (Å²) in [4.78, 5) is 16.8. The first-order valence-corrected chi connectivity index (χ1v) is 11.2. The number of hydrogen-bond donors (Lipinski definition) is 4. The van der Waals surface area contributed by atoms with Crippen molar-refractivity contribution >= 4 is 32.8 Å². The minimum atomic E-state index is -3.59. The molecule has 1 amide bonds. The molecule has 9 heteroatoms. The number of allylic oxidation sites excluding steroid dienone is 1. The third kappa shape index (κ3) is 4.68. The fraction of sp³-hybridized carbons (Fsp3) is 0.400. The van der Waals surface area contributed by atoms with E-state index in [9.17, 15) is 13.2 Å². The molecule has 0 atom stereocenters. The highest BCUT2D eigenvalue weighted by Gasteiger charge is 2.31. The molecule has 0 unspecified atom stereocenters. The Hall–Kier alpha value is -2.65. The van der Waals surface area contributed by atoms with Crippen molar-refractivity contribution < 1.29 is 13.2 Å². The maximum atomic E-state index is 12.5. The monoisotopic (exact) mass is 417 g/mol. The zero-order valence-corrected chi connectivity index (χ0v) is 17.7. The Morgan fingerprint density at radius 3 is 2.72 bits per heavy atom. The summed E-state index contributed by atoms with van der Waals surface area (Å²) in [6, 6.07) is 7.04. The van der Waals surface area contributed by atoms with Crippen molar-refractivity contribution in [2.75, 3.05) is 6.54 Å². The molecule has 8 nitrogen and oxygen atoms in total. The first-order valence-electron chi connectivity index (χ1n) is 9.72. The number of aromatic amines is 1. The number of sulfonamides is 1. The summed E-state index contributed by atoms with van der Waals surface area (Å²) in [5.74, 6) is -0.00238. The molecule has 29 heavy (non-hydrogen) atoms. The molecule has 3 rings (SSSR count). The molecule has 0 spiro atoms. The molecule has 1 aliphatic heterocycles. The summed E-state index contributed by atoms with van der Waals surface area (Å²) >= 11 is 0. The number of fused-ring (bicyclic) bond motifs is 1. The minimum Gasteiger partial charge on any atom is -0.345 e. The maximum Gasteiger partial charge on any atom is 0.277 e. The van der Waals surface area contributed by atoms with E-state index in [0.29, 0.717) is 17.8 Å². The molecular formula is C20H27N5O3S. The van der Waals surface area contributed by atoms with Gasteiger partial charge in [-0.3, -0.25) is 15.1 Å². The lowest BCUT2D eigenvalue weighted by molar-refractivity contribution is -0.122. The Labute approximate surface area is 170 Å². The Morgan fingerprint density at radius 1 is 1.28 bits per heavy atom. The minimum absolute atomic E-state index is 0.0412. The summed E-state index contributed by atoms with van der Waals surface area (Å²) in [5, 5.41) is 11.7. The van der Waals surface area contributed by atoms with Gasteiger partial charge >= 0.3 is 0 Å². The fourth-order valence-corrected chi connectivity index (χ4v) is 4.23. The van der Waals surface area contributed by atoms with Crippen LogP contribution in [0, 0.1) is 11.3 Å². The normalized spacial score (nSPS) is 16.4. The van der Waals surface area contributed by atoms with Gasteiger partial charge in [-0.05, 0) is 36.1 Å². The number of amides is 1. The number of guanidine groups is 1. The number of rotatable bonds is 8. The van der Waals surface area contributed by atoms with Crippen LogP contribution in [0.5, 0.6) is 0 Å². The van der Waals surface area contributed by atoms with Gasteiger partial charge in [-0.25, -0.2) is 13.1 Å². The zero-order chi connectivity index (χ0) is 21.2. The highest BCUT2D eigenvalue weighted by atomic mass is 32.2. The Balaban J connectivity index is 1.80. The van der Waals surface area contributed by atoms with Crippen molar-refractivity contribution in [1.29, 1.82) is 5.41 Å². The van der Waals surface area contributed by atoms with Gasteiger partial charge in [-0.2, -0.15) is 0 Å². The van der Waals surface area contributed by atoms with Crippen LogP contribution in [0.2, 0.25) is 0 Å². The van der Waals surface area contributed by atoms with Gasteiger partial charge in [0.15, 0.2) is 0 Å². The molecule has 1 aliphatic rings. The highest BCUT2D eigenvalue weighted by molar-refractivity contribution is 7.89. The van der Waals surface area contributed by atoms with E-state index in [4.69, 9.17) is 5.41 Å². The molecule has 1 fully saturated rings. The molecule has 0 bridgehead atoms. The predicted molar refractivity (Wildman–Crippen MR) is 113 cm³/mol. The van der Waals surface area contributed by atoms with Gasteiger partial charge in [0, 0.05) is 17.4 Å². The van der Waals surface area contributed by atoms with Crippen LogP contribution in [0.4, 0.5) is 0 Å². The first-order chi connectivity index (χ1) is 13.7. The quantitative estimate of drug-likeness (QED) is 0.390. The number of benzene rings is 1. The summed E-state index contributed by atoms with van der Waals surface area (Å²) in [7, 11) is -3.59. The number of H-pyrrole nitrogens is 1. The number of nitrogens with one attached hydrogen (secondary N) is 4. The number of nitrogens with zero attached hydrogens (tertiary/aromatic N) is 1. The van der Waals surface area contributed by atoms with Crippen molar-refractivity contribution in [3.8, 4) is 0 Å². The van der Waals surface area contributed by atoms with Gasteiger partial charge in [0.2, 0.25) is 5.96 Å². The Kier molecular flexibility index (Phi) is 6.09. The molecule has 0 aliphatic carbocycles. The molecule has 0 saturated carbocycles. The van der Waals surface area contributed by atoms with Crippen LogP contribution < -0.4 is 10.0 Å². The third-order valence-corrected chi connectivity index (χ3v) is 5.99. The first kappa shape index (κ1) is 21.1. The van der Waals surface area contributed by atoms with Gasteiger partial charge in [-0.1, -0.05) is 39.3 Å². The second kappa shape index (κ2) is 8.38. The van der Waals surface area contributed by atoms with Gasteiger partial charge in [0.1, 0.15) is 10.7 Å². The number of unbranched alkanes of at least 4 members (excludes halogenated alkanes) is 1. The van der Waals surface area contributed by atoms with Gasteiger partial charge in [0.05, 0.1) is 6.54 Å². The summed E-state index contributed by atoms with van der Waals surface area (Å²) in [6.45, 7) is 6.57. The van der Waals surface area contributed by atoms with Crippen LogP contribution >= 0.6 is 0 Å². The summed E-state index contributed by atoms with van der Waals surface area (Å²) < 4.78 is 27.4. The van der Waals surface area contributed by atoms with Crippen LogP contribution in [0.1, 0.15) is 39.2 Å². The lowest BCUT2D eigenvalue weighted by atomic mass is 10.1. The average Bonchev–Trinajstić information content (AvgIpc) is 3.18. The number of carbonyl (C=O) groups is 1. The lowest BCUT2D eigenvalue weighted by Gasteiger charge is -2.14. The molecular weight excluding hydrogens is 390 g/mol. The Morgan fingerprint density at radius 2 is 2.03 bits per heavy atom. The standard InChI is InChI=1S/C20H27N5O3S/c1-4-5-8-22-29(27,28)18-11-15-10-14(6-7-16(15)23-18)12-25-19(26)17(9-13(2)3)24-20(25)21/h6-7,9-11,13,22-23H,4-5,8,12H2,1-3H3,(H2,21,24)/b17-9-. The van der Waals surface area contributed by atoms with Crippen LogP contribution in [0.15, 0.2) is 41.1 Å². The molecule has 2 aromatic rings. The van der Waals surface area contributed by atoms with Gasteiger partial charge < -0.3 is 10.3 Å². The van der Waals surface area contributed by atoms with E-state index < -0.39 is 10.0 Å². The largest absolute Gasteiger partial charge is 0.345 e. The van der Waals surface area contributed by atoms with Crippen LogP contribution in [-0.4, -0.2) is 36.7 Å². The number of carbonyl (C=O) groups excluding carboxylic acids is 1. The van der Waals surface area contributed by atoms with Gasteiger partial charge in [-0.15, -0.1) is 0 Å². The van der Waals surface area contributed by atoms with Crippen LogP contribution in [0.3, 0.4) is 0 Å². The van der Waals surface area contributed by atoms with Crippen molar-refractivity contribution in [2.45, 2.75) is 45.2 Å². The van der Waals surface area contributed by atoms with Crippen molar-refractivity contribution in [3.05, 3.63) is 41.6 Å². The van der Waals surface area contributed by atoms with Gasteiger partial charge in [0.25, 0.3) is 15.9 Å². The van der Waals surface area contributed by atoms with E-state index >= 15 is 0 Å². The number of aromatic nitrogens is 1. The fourth-order valence-electron chi connectivity index (χ4n) is 3.13. The highest BCUT2D eigenvalue weighted by Crippen LogP contribution is 2.22. The topological polar surface area (TPSA) is 118 Å². The van der Waals surface area contributed by atoms with E-state index in [0.717, 1.165) is 23.8 Å². The summed E-state index contributed by atoms with van der Waals surface area (Å²) in [6.07, 6.45) is 3.49. The van der Waals surface area contributed by atoms with E-state index in [1.807, 2.05) is 32.9 Å². The van der Waals surface area contributed by atoms with Crippen molar-refractivity contribution in [1.82, 2.24) is 19.9 Å². The van der Waals surface area contributed by atoms with Crippen LogP contribution in [0.25, 0.3) is 10.9 Å². The molecule has 1 aromatic carbocycles. The molecule has 2 heterocycles. The predicted octanol–water partition coefficient (Wildman–Crippen LogP) is 2.65.